The lowest BCUT2D eigenvalue weighted by molar-refractivity contribution is -0.198. The molecule has 0 unspecified atom stereocenters. The van der Waals surface area contributed by atoms with Crippen molar-refractivity contribution < 1.29 is 36.3 Å². The van der Waals surface area contributed by atoms with E-state index in [9.17, 15) is 13.2 Å². The van der Waals surface area contributed by atoms with E-state index in [1.54, 1.807) is 18.4 Å². The highest BCUT2D eigenvalue weighted by atomic mass is 32.2. The molecule has 2 heterocycles. The number of carbonyl (C=O) groups excluding carboxylic acids is 1. The van der Waals surface area contributed by atoms with Gasteiger partial charge in [0.1, 0.15) is 24.1 Å². The van der Waals surface area contributed by atoms with Crippen LogP contribution in [0.5, 0.6) is 5.75 Å². The lowest BCUT2D eigenvalue weighted by Gasteiger charge is -2.27. The summed E-state index contributed by atoms with van der Waals surface area (Å²) in [5.74, 6) is 0.646. The van der Waals surface area contributed by atoms with E-state index < -0.39 is 34.2 Å². The summed E-state index contributed by atoms with van der Waals surface area (Å²) in [7, 11) is -1.93. The lowest BCUT2D eigenvalue weighted by atomic mass is 10.1. The molecule has 1 fully saturated rings. The fourth-order valence-corrected chi connectivity index (χ4v) is 5.57. The van der Waals surface area contributed by atoms with E-state index in [0.717, 1.165) is 51.7 Å². The summed E-state index contributed by atoms with van der Waals surface area (Å²) in [6.07, 6.45) is 2.32. The van der Waals surface area contributed by atoms with Crippen molar-refractivity contribution in [1.29, 1.82) is 0 Å². The van der Waals surface area contributed by atoms with Crippen LogP contribution in [0.2, 0.25) is 0 Å². The summed E-state index contributed by atoms with van der Waals surface area (Å²) in [4.78, 5) is 15.0. The molecule has 1 aliphatic rings. The van der Waals surface area contributed by atoms with Crippen molar-refractivity contribution in [3.63, 3.8) is 0 Å². The summed E-state index contributed by atoms with van der Waals surface area (Å²) in [6, 6.07) is 15.7. The Kier molecular flexibility index (Phi) is 9.73. The van der Waals surface area contributed by atoms with Crippen molar-refractivity contribution in [2.45, 2.75) is 58.0 Å². The molecule has 9 nitrogen and oxygen atoms in total. The van der Waals surface area contributed by atoms with Gasteiger partial charge in [0, 0.05) is 28.9 Å². The van der Waals surface area contributed by atoms with E-state index in [-0.39, 0.29) is 13.2 Å². The zero-order chi connectivity index (χ0) is 28.9. The number of thiophene rings is 1. The Bertz CT molecular complexity index is 1390. The van der Waals surface area contributed by atoms with Crippen LogP contribution in [0.1, 0.15) is 40.0 Å². The van der Waals surface area contributed by atoms with Crippen molar-refractivity contribution in [2.24, 2.45) is 0 Å². The normalized spacial score (nSPS) is 17.0. The predicted octanol–water partition coefficient (Wildman–Crippen LogP) is 6.21. The minimum atomic E-state index is -3.61. The molecule has 2 atom stereocenters. The average molecular weight is 592 g/mol. The maximum Gasteiger partial charge on any atom is 0.414 e. The van der Waals surface area contributed by atoms with Gasteiger partial charge in [-0.1, -0.05) is 12.1 Å². The van der Waals surface area contributed by atoms with Crippen molar-refractivity contribution in [2.75, 3.05) is 38.0 Å². The molecule has 1 saturated heterocycles. The van der Waals surface area contributed by atoms with Gasteiger partial charge in [-0.15, -0.1) is 11.3 Å². The first-order chi connectivity index (χ1) is 18.9. The molecule has 3 aromatic rings. The number of amides is 1. The van der Waals surface area contributed by atoms with Gasteiger partial charge in [0.25, 0.3) is 10.1 Å². The van der Waals surface area contributed by atoms with Crippen molar-refractivity contribution >= 4 is 43.3 Å². The fraction of sp³-hybridized carbons (Fsp3) is 0.483. The molecule has 0 spiro atoms. The first kappa shape index (κ1) is 30.3. The maximum absolute atomic E-state index is 12.4. The highest BCUT2D eigenvalue weighted by molar-refractivity contribution is 7.85. The summed E-state index contributed by atoms with van der Waals surface area (Å²) >= 11 is 1.63. The number of nitrogens with zero attached hydrogens (tertiary/aromatic N) is 1. The van der Waals surface area contributed by atoms with Crippen LogP contribution in [0.3, 0.4) is 0 Å². The highest BCUT2D eigenvalue weighted by Gasteiger charge is 2.23. The second-order valence-corrected chi connectivity index (χ2v) is 13.5. The number of fused-ring (bicyclic) bond motifs is 1. The van der Waals surface area contributed by atoms with Gasteiger partial charge in [-0.25, -0.2) is 4.79 Å². The molecule has 0 bridgehead atoms. The Morgan fingerprint density at radius 3 is 2.50 bits per heavy atom. The molecule has 0 saturated carbocycles. The maximum atomic E-state index is 12.4. The Morgan fingerprint density at radius 2 is 1.85 bits per heavy atom. The molecule has 0 aliphatic carbocycles. The SMILES string of the molecule is CN(C(=O)OC(C)(C)C)c1ccc(-c2cc3ccc(OC[C@@H](COS(C)(=O)=O)O[C@@H]4CCCCO4)cc3s2)cc1. The number of rotatable bonds is 10. The number of anilines is 1. The van der Waals surface area contributed by atoms with Gasteiger partial charge in [-0.2, -0.15) is 8.42 Å². The van der Waals surface area contributed by atoms with Crippen molar-refractivity contribution in [1.82, 2.24) is 0 Å². The molecule has 2 aromatic carbocycles. The van der Waals surface area contributed by atoms with Crippen molar-refractivity contribution in [3.8, 4) is 16.2 Å². The van der Waals surface area contributed by atoms with E-state index in [4.69, 9.17) is 23.1 Å². The molecular formula is C29H37NO8S2. The van der Waals surface area contributed by atoms with Gasteiger partial charge < -0.3 is 18.9 Å². The van der Waals surface area contributed by atoms with Crippen LogP contribution in [0, 0.1) is 0 Å². The minimum absolute atomic E-state index is 0.117. The van der Waals surface area contributed by atoms with Gasteiger partial charge in [0.2, 0.25) is 0 Å². The van der Waals surface area contributed by atoms with Crippen LogP contribution in [-0.2, 0) is 28.5 Å². The first-order valence-corrected chi connectivity index (χ1v) is 15.8. The number of benzene rings is 2. The third kappa shape index (κ3) is 8.90. The minimum Gasteiger partial charge on any atom is -0.491 e. The predicted molar refractivity (Wildman–Crippen MR) is 157 cm³/mol. The summed E-state index contributed by atoms with van der Waals surface area (Å²) in [6.45, 7) is 6.10. The van der Waals surface area contributed by atoms with Gasteiger partial charge in [-0.05, 0) is 87.4 Å². The van der Waals surface area contributed by atoms with E-state index >= 15 is 0 Å². The van der Waals surface area contributed by atoms with E-state index in [1.807, 2.05) is 63.2 Å². The quantitative estimate of drug-likeness (QED) is 0.257. The second kappa shape index (κ2) is 12.9. The van der Waals surface area contributed by atoms with Gasteiger partial charge in [0.05, 0.1) is 12.9 Å². The number of carbonyl (C=O) groups is 1. The summed E-state index contributed by atoms with van der Waals surface area (Å²) < 4.78 is 52.1. The van der Waals surface area contributed by atoms with Gasteiger partial charge in [0.15, 0.2) is 6.29 Å². The van der Waals surface area contributed by atoms with E-state index in [2.05, 4.69) is 6.07 Å². The smallest absolute Gasteiger partial charge is 0.414 e. The van der Waals surface area contributed by atoms with Crippen LogP contribution >= 0.6 is 11.3 Å². The molecule has 40 heavy (non-hydrogen) atoms. The number of hydrogen-bond acceptors (Lipinski definition) is 9. The standard InChI is InChI=1S/C29H37NO8S2/c1-29(2,3)38-28(31)30(4)22-12-9-20(10-13-22)25-16-21-11-14-23(17-26(21)39-25)35-18-24(19-36-40(5,32)33)37-27-8-6-7-15-34-27/h9-14,16-17,24,27H,6-8,15,18-19H2,1-5H3/t24-,27+/m0/s1. The first-order valence-electron chi connectivity index (χ1n) is 13.2. The molecular weight excluding hydrogens is 554 g/mol. The number of ether oxygens (including phenoxy) is 4. The third-order valence-electron chi connectivity index (χ3n) is 6.08. The topological polar surface area (TPSA) is 101 Å². The van der Waals surface area contributed by atoms with Crippen LogP contribution in [0.15, 0.2) is 48.5 Å². The Labute approximate surface area is 240 Å². The summed E-state index contributed by atoms with van der Waals surface area (Å²) in [5, 5.41) is 1.08. The van der Waals surface area contributed by atoms with Crippen molar-refractivity contribution in [3.05, 3.63) is 48.5 Å². The number of hydrogen-bond donors (Lipinski definition) is 0. The zero-order valence-electron chi connectivity index (χ0n) is 23.5. The monoisotopic (exact) mass is 591 g/mol. The average Bonchev–Trinajstić information content (AvgIpc) is 3.32. The van der Waals surface area contributed by atoms with Gasteiger partial charge in [-0.3, -0.25) is 9.08 Å². The van der Waals surface area contributed by atoms with E-state index in [0.29, 0.717) is 12.4 Å². The van der Waals surface area contributed by atoms with Crippen LogP contribution in [0.4, 0.5) is 10.5 Å². The molecule has 1 aliphatic heterocycles. The highest BCUT2D eigenvalue weighted by Crippen LogP contribution is 2.36. The molecule has 4 rings (SSSR count). The van der Waals surface area contributed by atoms with Crippen LogP contribution < -0.4 is 9.64 Å². The Balaban J connectivity index is 1.42. The molecule has 1 aromatic heterocycles. The zero-order valence-corrected chi connectivity index (χ0v) is 25.2. The third-order valence-corrected chi connectivity index (χ3v) is 7.80. The molecule has 1 amide bonds. The molecule has 11 heteroatoms. The van der Waals surface area contributed by atoms with Crippen LogP contribution in [-0.4, -0.2) is 65.6 Å². The van der Waals surface area contributed by atoms with Crippen LogP contribution in [0.25, 0.3) is 20.5 Å². The molecule has 0 N–H and O–H groups in total. The fourth-order valence-electron chi connectivity index (χ4n) is 4.08. The lowest BCUT2D eigenvalue weighted by Crippen LogP contribution is -2.35. The Hall–Kier alpha value is -2.70. The largest absolute Gasteiger partial charge is 0.491 e. The molecule has 0 radical (unpaired) electrons. The van der Waals surface area contributed by atoms with E-state index in [1.165, 1.54) is 4.90 Å². The van der Waals surface area contributed by atoms with Gasteiger partial charge >= 0.3 is 6.09 Å². The Morgan fingerprint density at radius 1 is 1.10 bits per heavy atom. The molecule has 218 valence electrons. The summed E-state index contributed by atoms with van der Waals surface area (Å²) in [5.41, 5.74) is 1.21. The second-order valence-electron chi connectivity index (χ2n) is 10.8.